The highest BCUT2D eigenvalue weighted by Crippen LogP contribution is 2.30. The molecule has 1 aromatic carbocycles. The van der Waals surface area contributed by atoms with Crippen LogP contribution in [0.4, 0.5) is 5.69 Å². The molecule has 1 aliphatic rings. The fraction of sp³-hybridized carbons (Fsp3) is 0.600. The maximum absolute atomic E-state index is 6.11. The SMILES string of the molecule is CC(N)c1cc(Br)ccc1N1CCCCCCC1. The Morgan fingerprint density at radius 3 is 2.33 bits per heavy atom. The molecule has 1 aliphatic heterocycles. The molecule has 1 fully saturated rings. The Labute approximate surface area is 119 Å². The van der Waals surface area contributed by atoms with Gasteiger partial charge in [-0.25, -0.2) is 0 Å². The summed E-state index contributed by atoms with van der Waals surface area (Å²) in [5.74, 6) is 0. The Morgan fingerprint density at radius 1 is 1.11 bits per heavy atom. The summed E-state index contributed by atoms with van der Waals surface area (Å²) in [6.07, 6.45) is 6.72. The van der Waals surface area contributed by atoms with Crippen LogP contribution in [0.1, 0.15) is 50.6 Å². The highest BCUT2D eigenvalue weighted by Gasteiger charge is 2.15. The van der Waals surface area contributed by atoms with Gasteiger partial charge in [0.1, 0.15) is 0 Å². The summed E-state index contributed by atoms with van der Waals surface area (Å²) < 4.78 is 1.12. The monoisotopic (exact) mass is 310 g/mol. The third-order valence-electron chi connectivity index (χ3n) is 3.68. The third kappa shape index (κ3) is 3.48. The van der Waals surface area contributed by atoms with Crippen molar-refractivity contribution < 1.29 is 0 Å². The fourth-order valence-corrected chi connectivity index (χ4v) is 3.05. The number of anilines is 1. The molecule has 1 saturated heterocycles. The van der Waals surface area contributed by atoms with E-state index in [1.54, 1.807) is 0 Å². The minimum Gasteiger partial charge on any atom is -0.371 e. The maximum atomic E-state index is 6.11. The summed E-state index contributed by atoms with van der Waals surface area (Å²) in [6, 6.07) is 6.59. The van der Waals surface area contributed by atoms with Crippen LogP contribution in [-0.2, 0) is 0 Å². The topological polar surface area (TPSA) is 29.3 Å². The van der Waals surface area contributed by atoms with E-state index in [2.05, 4.69) is 46.0 Å². The van der Waals surface area contributed by atoms with Crippen LogP contribution >= 0.6 is 15.9 Å². The van der Waals surface area contributed by atoms with E-state index in [0.717, 1.165) is 4.47 Å². The van der Waals surface area contributed by atoms with Crippen LogP contribution in [0.15, 0.2) is 22.7 Å². The normalized spacial score (nSPS) is 19.2. The first kappa shape index (κ1) is 13.9. The summed E-state index contributed by atoms with van der Waals surface area (Å²) in [5.41, 5.74) is 8.70. The molecule has 0 aromatic heterocycles. The van der Waals surface area contributed by atoms with E-state index in [1.807, 2.05) is 0 Å². The number of hydrogen-bond acceptors (Lipinski definition) is 2. The van der Waals surface area contributed by atoms with Crippen LogP contribution in [0, 0.1) is 0 Å². The molecule has 100 valence electrons. The fourth-order valence-electron chi connectivity index (χ4n) is 2.67. The van der Waals surface area contributed by atoms with Crippen molar-refractivity contribution in [1.82, 2.24) is 0 Å². The van der Waals surface area contributed by atoms with Crippen LogP contribution < -0.4 is 10.6 Å². The van der Waals surface area contributed by atoms with Crippen LogP contribution in [0.3, 0.4) is 0 Å². The molecule has 0 radical (unpaired) electrons. The molecule has 0 saturated carbocycles. The molecule has 1 atom stereocenters. The van der Waals surface area contributed by atoms with E-state index < -0.39 is 0 Å². The van der Waals surface area contributed by atoms with Gasteiger partial charge in [-0.1, -0.05) is 35.2 Å². The van der Waals surface area contributed by atoms with Gasteiger partial charge in [0.05, 0.1) is 0 Å². The average molecular weight is 311 g/mol. The number of halogens is 1. The lowest BCUT2D eigenvalue weighted by Crippen LogP contribution is -2.28. The molecule has 2 rings (SSSR count). The first-order valence-electron chi connectivity index (χ1n) is 6.98. The van der Waals surface area contributed by atoms with Crippen molar-refractivity contribution in [1.29, 1.82) is 0 Å². The smallest absolute Gasteiger partial charge is 0.0415 e. The minimum absolute atomic E-state index is 0.0861. The van der Waals surface area contributed by atoms with Gasteiger partial charge in [0.25, 0.3) is 0 Å². The van der Waals surface area contributed by atoms with E-state index in [1.165, 1.54) is 56.4 Å². The quantitative estimate of drug-likeness (QED) is 0.885. The Bertz CT molecular complexity index is 382. The second kappa shape index (κ2) is 6.58. The molecule has 18 heavy (non-hydrogen) atoms. The van der Waals surface area contributed by atoms with E-state index in [0.29, 0.717) is 0 Å². The number of rotatable bonds is 2. The number of benzene rings is 1. The number of nitrogens with zero attached hydrogens (tertiary/aromatic N) is 1. The van der Waals surface area contributed by atoms with E-state index >= 15 is 0 Å². The molecule has 2 N–H and O–H groups in total. The Hall–Kier alpha value is -0.540. The molecular weight excluding hydrogens is 288 g/mol. The van der Waals surface area contributed by atoms with Gasteiger partial charge in [-0.3, -0.25) is 0 Å². The van der Waals surface area contributed by atoms with Gasteiger partial charge in [-0.05, 0) is 43.5 Å². The molecule has 1 heterocycles. The van der Waals surface area contributed by atoms with Crippen LogP contribution in [0.2, 0.25) is 0 Å². The Balaban J connectivity index is 2.24. The van der Waals surface area contributed by atoms with E-state index in [9.17, 15) is 0 Å². The lowest BCUT2D eigenvalue weighted by atomic mass is 10.0. The van der Waals surface area contributed by atoms with E-state index in [4.69, 9.17) is 5.73 Å². The lowest BCUT2D eigenvalue weighted by Gasteiger charge is -2.30. The summed E-state index contributed by atoms with van der Waals surface area (Å²) in [4.78, 5) is 2.52. The Morgan fingerprint density at radius 2 is 1.72 bits per heavy atom. The zero-order valence-electron chi connectivity index (χ0n) is 11.2. The summed E-state index contributed by atoms with van der Waals surface area (Å²) in [7, 11) is 0. The van der Waals surface area contributed by atoms with Crippen LogP contribution in [0.5, 0.6) is 0 Å². The van der Waals surface area contributed by atoms with Crippen molar-refractivity contribution in [3.8, 4) is 0 Å². The van der Waals surface area contributed by atoms with Crippen molar-refractivity contribution in [2.45, 2.75) is 45.1 Å². The molecule has 0 spiro atoms. The molecule has 1 unspecified atom stereocenters. The number of hydrogen-bond donors (Lipinski definition) is 1. The summed E-state index contributed by atoms with van der Waals surface area (Å²) >= 11 is 3.54. The van der Waals surface area contributed by atoms with Crippen LogP contribution in [0.25, 0.3) is 0 Å². The Kier molecular flexibility index (Phi) is 5.07. The van der Waals surface area contributed by atoms with Gasteiger partial charge < -0.3 is 10.6 Å². The lowest BCUT2D eigenvalue weighted by molar-refractivity contribution is 0.555. The van der Waals surface area contributed by atoms with Crippen molar-refractivity contribution in [3.05, 3.63) is 28.2 Å². The van der Waals surface area contributed by atoms with E-state index in [-0.39, 0.29) is 6.04 Å². The average Bonchev–Trinajstić information content (AvgIpc) is 2.29. The van der Waals surface area contributed by atoms with Gasteiger partial charge in [-0.2, -0.15) is 0 Å². The molecule has 0 bridgehead atoms. The molecule has 2 nitrogen and oxygen atoms in total. The maximum Gasteiger partial charge on any atom is 0.0415 e. The minimum atomic E-state index is 0.0861. The van der Waals surface area contributed by atoms with Gasteiger partial charge in [0, 0.05) is 29.3 Å². The zero-order valence-corrected chi connectivity index (χ0v) is 12.7. The molecule has 0 amide bonds. The molecule has 1 aromatic rings. The van der Waals surface area contributed by atoms with Crippen molar-refractivity contribution in [3.63, 3.8) is 0 Å². The third-order valence-corrected chi connectivity index (χ3v) is 4.17. The summed E-state index contributed by atoms with van der Waals surface area (Å²) in [6.45, 7) is 4.40. The first-order valence-corrected chi connectivity index (χ1v) is 7.78. The zero-order chi connectivity index (χ0) is 13.0. The van der Waals surface area contributed by atoms with Gasteiger partial charge in [-0.15, -0.1) is 0 Å². The van der Waals surface area contributed by atoms with Crippen molar-refractivity contribution in [2.75, 3.05) is 18.0 Å². The predicted octanol–water partition coefficient (Wildman–Crippen LogP) is 4.24. The van der Waals surface area contributed by atoms with Gasteiger partial charge in [0.15, 0.2) is 0 Å². The highest BCUT2D eigenvalue weighted by atomic mass is 79.9. The molecule has 3 heteroatoms. The van der Waals surface area contributed by atoms with Gasteiger partial charge in [0.2, 0.25) is 0 Å². The molecule has 0 aliphatic carbocycles. The molecular formula is C15H23BrN2. The van der Waals surface area contributed by atoms with Crippen LogP contribution in [-0.4, -0.2) is 13.1 Å². The highest BCUT2D eigenvalue weighted by molar-refractivity contribution is 9.10. The largest absolute Gasteiger partial charge is 0.371 e. The summed E-state index contributed by atoms with van der Waals surface area (Å²) in [5, 5.41) is 0. The van der Waals surface area contributed by atoms with Crippen molar-refractivity contribution >= 4 is 21.6 Å². The second-order valence-corrected chi connectivity index (χ2v) is 6.16. The second-order valence-electron chi connectivity index (χ2n) is 5.25. The van der Waals surface area contributed by atoms with Gasteiger partial charge >= 0.3 is 0 Å². The van der Waals surface area contributed by atoms with Crippen molar-refractivity contribution in [2.24, 2.45) is 5.73 Å². The number of nitrogens with two attached hydrogens (primary N) is 1. The first-order chi connectivity index (χ1) is 8.68. The standard InChI is InChI=1S/C15H23BrN2/c1-12(17)14-11-13(16)7-8-15(14)18-9-5-3-2-4-6-10-18/h7-8,11-12H,2-6,9-10,17H2,1H3. The predicted molar refractivity (Wildman–Crippen MR) is 82.0 cm³/mol.